The molecule has 0 aliphatic carbocycles. The second-order valence-electron chi connectivity index (χ2n) is 7.84. The van der Waals surface area contributed by atoms with Crippen LogP contribution >= 0.6 is 0 Å². The van der Waals surface area contributed by atoms with Crippen molar-refractivity contribution in [2.75, 3.05) is 19.6 Å². The van der Waals surface area contributed by atoms with Crippen molar-refractivity contribution in [2.24, 2.45) is 5.92 Å². The number of carbonyl (C=O) groups is 1. The summed E-state index contributed by atoms with van der Waals surface area (Å²) in [6, 6.07) is 0.536. The highest BCUT2D eigenvalue weighted by atomic mass is 16.6. The number of nitrogens with one attached hydrogen (secondary N) is 1. The molecule has 1 amide bonds. The molecule has 0 aromatic carbocycles. The van der Waals surface area contributed by atoms with Gasteiger partial charge in [-0.25, -0.2) is 4.79 Å². The summed E-state index contributed by atoms with van der Waals surface area (Å²) in [7, 11) is 0. The van der Waals surface area contributed by atoms with E-state index in [-0.39, 0.29) is 6.09 Å². The van der Waals surface area contributed by atoms with Crippen LogP contribution in [0.2, 0.25) is 0 Å². The van der Waals surface area contributed by atoms with Crippen molar-refractivity contribution in [3.05, 3.63) is 0 Å². The zero-order valence-electron chi connectivity index (χ0n) is 16.0. The average molecular weight is 327 g/mol. The Morgan fingerprint density at radius 3 is 2.52 bits per heavy atom. The molecule has 0 saturated carbocycles. The number of unbranched alkanes of at least 4 members (excludes halogenated alkanes) is 4. The van der Waals surface area contributed by atoms with Crippen molar-refractivity contribution >= 4 is 6.09 Å². The average Bonchev–Trinajstić information content (AvgIpc) is 2.94. The van der Waals surface area contributed by atoms with Crippen molar-refractivity contribution in [1.82, 2.24) is 10.2 Å². The molecule has 0 bridgehead atoms. The third-order valence-corrected chi connectivity index (χ3v) is 4.53. The van der Waals surface area contributed by atoms with E-state index in [1.165, 1.54) is 38.5 Å². The molecule has 0 spiro atoms. The Hall–Kier alpha value is -0.770. The molecule has 4 nitrogen and oxygen atoms in total. The maximum atomic E-state index is 12.2. The first-order chi connectivity index (χ1) is 10.9. The first-order valence-electron chi connectivity index (χ1n) is 9.58. The van der Waals surface area contributed by atoms with Crippen LogP contribution in [-0.2, 0) is 4.74 Å². The molecule has 1 fully saturated rings. The highest BCUT2D eigenvalue weighted by molar-refractivity contribution is 5.68. The molecule has 2 atom stereocenters. The summed E-state index contributed by atoms with van der Waals surface area (Å²) in [6.45, 7) is 12.9. The van der Waals surface area contributed by atoms with E-state index in [4.69, 9.17) is 4.74 Å². The minimum atomic E-state index is -0.407. The number of rotatable bonds is 9. The molecule has 1 aliphatic heterocycles. The standard InChI is InChI=1S/C19H38N2O2/c1-6-8-9-10-11-12-17(20-7-2)16-13-14-21(15-16)18(22)23-19(3,4)5/h16-17,20H,6-15H2,1-5H3. The number of hydrogen-bond acceptors (Lipinski definition) is 3. The molecule has 0 radical (unpaired) electrons. The van der Waals surface area contributed by atoms with Gasteiger partial charge in [-0.2, -0.15) is 0 Å². The number of ether oxygens (including phenoxy) is 1. The van der Waals surface area contributed by atoms with E-state index >= 15 is 0 Å². The molecule has 1 rings (SSSR count). The third kappa shape index (κ3) is 8.05. The third-order valence-electron chi connectivity index (χ3n) is 4.53. The van der Waals surface area contributed by atoms with Gasteiger partial charge in [0.15, 0.2) is 0 Å². The fraction of sp³-hybridized carbons (Fsp3) is 0.947. The van der Waals surface area contributed by atoms with Crippen molar-refractivity contribution < 1.29 is 9.53 Å². The second-order valence-corrected chi connectivity index (χ2v) is 7.84. The van der Waals surface area contributed by atoms with E-state index < -0.39 is 5.60 Å². The number of nitrogens with zero attached hydrogens (tertiary/aromatic N) is 1. The Bertz CT molecular complexity index is 339. The smallest absolute Gasteiger partial charge is 0.410 e. The van der Waals surface area contributed by atoms with Crippen LogP contribution in [0, 0.1) is 5.92 Å². The molecule has 1 N–H and O–H groups in total. The van der Waals surface area contributed by atoms with Gasteiger partial charge in [0.25, 0.3) is 0 Å². The molecule has 23 heavy (non-hydrogen) atoms. The number of hydrogen-bond donors (Lipinski definition) is 1. The fourth-order valence-corrected chi connectivity index (χ4v) is 3.34. The lowest BCUT2D eigenvalue weighted by atomic mass is 9.93. The fourth-order valence-electron chi connectivity index (χ4n) is 3.34. The Kier molecular flexibility index (Phi) is 8.96. The first-order valence-corrected chi connectivity index (χ1v) is 9.58. The van der Waals surface area contributed by atoms with E-state index in [1.807, 2.05) is 25.7 Å². The molecule has 0 aromatic rings. The quantitative estimate of drug-likeness (QED) is 0.630. The molecular formula is C19H38N2O2. The van der Waals surface area contributed by atoms with Gasteiger partial charge in [0.2, 0.25) is 0 Å². The molecule has 1 saturated heterocycles. The van der Waals surface area contributed by atoms with Gasteiger partial charge < -0.3 is 15.0 Å². The van der Waals surface area contributed by atoms with E-state index in [2.05, 4.69) is 19.2 Å². The first kappa shape index (κ1) is 20.3. The summed E-state index contributed by atoms with van der Waals surface area (Å²) in [6.07, 6.45) is 8.78. The largest absolute Gasteiger partial charge is 0.444 e. The maximum Gasteiger partial charge on any atom is 0.410 e. The van der Waals surface area contributed by atoms with E-state index in [1.54, 1.807) is 0 Å². The summed E-state index contributed by atoms with van der Waals surface area (Å²) in [5.41, 5.74) is -0.407. The summed E-state index contributed by atoms with van der Waals surface area (Å²) in [4.78, 5) is 14.1. The molecule has 136 valence electrons. The van der Waals surface area contributed by atoms with Gasteiger partial charge in [0, 0.05) is 19.1 Å². The van der Waals surface area contributed by atoms with Gasteiger partial charge in [-0.15, -0.1) is 0 Å². The lowest BCUT2D eigenvalue weighted by Gasteiger charge is -2.26. The van der Waals surface area contributed by atoms with Crippen molar-refractivity contribution in [1.29, 1.82) is 0 Å². The summed E-state index contributed by atoms with van der Waals surface area (Å²) in [5.74, 6) is 0.564. The number of likely N-dealkylation sites (tertiary alicyclic amines) is 1. The maximum absolute atomic E-state index is 12.2. The highest BCUT2D eigenvalue weighted by Gasteiger charge is 2.33. The van der Waals surface area contributed by atoms with Crippen LogP contribution in [0.5, 0.6) is 0 Å². The summed E-state index contributed by atoms with van der Waals surface area (Å²) < 4.78 is 5.50. The van der Waals surface area contributed by atoms with Gasteiger partial charge in [0.1, 0.15) is 5.60 Å². The topological polar surface area (TPSA) is 41.6 Å². The Balaban J connectivity index is 2.40. The van der Waals surface area contributed by atoms with Gasteiger partial charge in [-0.05, 0) is 46.1 Å². The van der Waals surface area contributed by atoms with Gasteiger partial charge in [-0.3, -0.25) is 0 Å². The SMILES string of the molecule is CCCCCCCC(NCC)C1CCN(C(=O)OC(C)(C)C)C1. The van der Waals surface area contributed by atoms with Crippen molar-refractivity contribution in [3.63, 3.8) is 0 Å². The van der Waals surface area contributed by atoms with Gasteiger partial charge in [0.05, 0.1) is 0 Å². The Morgan fingerprint density at radius 1 is 1.22 bits per heavy atom. The van der Waals surface area contributed by atoms with Gasteiger partial charge >= 0.3 is 6.09 Å². The lowest BCUT2D eigenvalue weighted by Crippen LogP contribution is -2.40. The highest BCUT2D eigenvalue weighted by Crippen LogP contribution is 2.25. The normalized spacial score (nSPS) is 19.9. The predicted molar refractivity (Wildman–Crippen MR) is 96.8 cm³/mol. The zero-order valence-corrected chi connectivity index (χ0v) is 16.0. The number of carbonyl (C=O) groups excluding carboxylic acids is 1. The molecule has 4 heteroatoms. The van der Waals surface area contributed by atoms with E-state index in [9.17, 15) is 4.79 Å². The van der Waals surface area contributed by atoms with Crippen LogP contribution in [0.4, 0.5) is 4.79 Å². The molecule has 0 aromatic heterocycles. The van der Waals surface area contributed by atoms with Crippen LogP contribution in [0.25, 0.3) is 0 Å². The molecular weight excluding hydrogens is 288 g/mol. The van der Waals surface area contributed by atoms with Gasteiger partial charge in [-0.1, -0.05) is 46.0 Å². The minimum Gasteiger partial charge on any atom is -0.444 e. The molecule has 1 heterocycles. The monoisotopic (exact) mass is 326 g/mol. The second kappa shape index (κ2) is 10.2. The molecule has 2 unspecified atom stereocenters. The lowest BCUT2D eigenvalue weighted by molar-refractivity contribution is 0.0285. The predicted octanol–water partition coefficient (Wildman–Crippen LogP) is 4.58. The van der Waals surface area contributed by atoms with E-state index in [0.717, 1.165) is 26.1 Å². The van der Waals surface area contributed by atoms with Crippen molar-refractivity contribution in [2.45, 2.75) is 91.2 Å². The zero-order chi connectivity index (χ0) is 17.3. The minimum absolute atomic E-state index is 0.154. The van der Waals surface area contributed by atoms with Crippen LogP contribution in [0.15, 0.2) is 0 Å². The van der Waals surface area contributed by atoms with Crippen molar-refractivity contribution in [3.8, 4) is 0 Å². The van der Waals surface area contributed by atoms with Crippen LogP contribution in [0.3, 0.4) is 0 Å². The summed E-state index contributed by atoms with van der Waals surface area (Å²) in [5, 5.41) is 3.64. The number of amides is 1. The van der Waals surface area contributed by atoms with Crippen LogP contribution in [-0.4, -0.2) is 42.3 Å². The Labute approximate surface area is 143 Å². The van der Waals surface area contributed by atoms with Crippen LogP contribution in [0.1, 0.15) is 79.6 Å². The summed E-state index contributed by atoms with van der Waals surface area (Å²) >= 11 is 0. The van der Waals surface area contributed by atoms with E-state index in [0.29, 0.717) is 12.0 Å². The van der Waals surface area contributed by atoms with Crippen LogP contribution < -0.4 is 5.32 Å². The molecule has 1 aliphatic rings. The Morgan fingerprint density at radius 2 is 1.91 bits per heavy atom.